The van der Waals surface area contributed by atoms with E-state index in [1.54, 1.807) is 18.2 Å². The van der Waals surface area contributed by atoms with E-state index in [1.807, 2.05) is 0 Å². The summed E-state index contributed by atoms with van der Waals surface area (Å²) in [5.74, 6) is 0.977. The van der Waals surface area contributed by atoms with Gasteiger partial charge < -0.3 is 10.2 Å². The molecule has 1 saturated heterocycles. The minimum Gasteiger partial charge on any atom is -0.543 e. The van der Waals surface area contributed by atoms with Crippen LogP contribution in [0.4, 0.5) is 4.79 Å². The Balaban J connectivity index is 2.31. The van der Waals surface area contributed by atoms with Crippen LogP contribution in [0.25, 0.3) is 0 Å². The molecule has 139 valence electrons. The molecule has 26 heavy (non-hydrogen) atoms. The van der Waals surface area contributed by atoms with Crippen molar-refractivity contribution in [2.75, 3.05) is 6.54 Å². The Bertz CT molecular complexity index is 762. The predicted octanol–water partition coefficient (Wildman–Crippen LogP) is 3.37. The fraction of sp³-hybridized carbons (Fsp3) is 0.474. The van der Waals surface area contributed by atoms with E-state index in [2.05, 4.69) is 39.9 Å². The Labute approximate surface area is 156 Å². The summed E-state index contributed by atoms with van der Waals surface area (Å²) < 4.78 is 6.42. The Kier molecular flexibility index (Phi) is 5.47. The lowest BCUT2D eigenvalue weighted by Gasteiger charge is -2.37. The predicted molar refractivity (Wildman–Crippen MR) is 102 cm³/mol. The van der Waals surface area contributed by atoms with Crippen LogP contribution in [0.5, 0.6) is 5.75 Å². The average Bonchev–Trinajstić information content (AvgIpc) is 2.88. The molecule has 0 unspecified atom stereocenters. The zero-order valence-electron chi connectivity index (χ0n) is 16.0. The first-order valence-corrected chi connectivity index (χ1v) is 11.5. The first kappa shape index (κ1) is 20.0. The van der Waals surface area contributed by atoms with Crippen LogP contribution in [0.2, 0.25) is 18.1 Å². The second-order valence-corrected chi connectivity index (χ2v) is 12.8. The molecule has 0 bridgehead atoms. The minimum absolute atomic E-state index is 0.0251. The van der Waals surface area contributed by atoms with E-state index < -0.39 is 14.3 Å². The normalized spacial score (nSPS) is 15.8. The van der Waals surface area contributed by atoms with Crippen LogP contribution in [-0.4, -0.2) is 31.7 Å². The molecule has 2 N–H and O–H groups in total. The Hall–Kier alpha value is -2.33. The number of imide groups is 1. The SMILES string of the molecule is CC(C)(C)[Si](C)(C)Oc1ccc(C#N)cc1C[C]1CCN(C(N)=O)C1=O. The van der Waals surface area contributed by atoms with Gasteiger partial charge in [-0.2, -0.15) is 5.26 Å². The molecule has 1 aromatic carbocycles. The number of nitrogens with two attached hydrogens (primary N) is 1. The summed E-state index contributed by atoms with van der Waals surface area (Å²) in [6, 6.07) is 6.69. The average molecular weight is 373 g/mol. The van der Waals surface area contributed by atoms with Crippen LogP contribution in [-0.2, 0) is 11.2 Å². The molecular weight excluding hydrogens is 346 g/mol. The van der Waals surface area contributed by atoms with Gasteiger partial charge in [0, 0.05) is 6.54 Å². The minimum atomic E-state index is -2.07. The largest absolute Gasteiger partial charge is 0.543 e. The molecular formula is C19H26N3O3Si. The number of benzene rings is 1. The first-order chi connectivity index (χ1) is 12.0. The van der Waals surface area contributed by atoms with Gasteiger partial charge in [-0.15, -0.1) is 0 Å². The van der Waals surface area contributed by atoms with Gasteiger partial charge in [0.2, 0.25) is 14.2 Å². The number of carbonyl (C=O) groups is 2. The van der Waals surface area contributed by atoms with Gasteiger partial charge in [-0.05, 0) is 54.7 Å². The van der Waals surface area contributed by atoms with Crippen LogP contribution in [0, 0.1) is 17.2 Å². The number of nitriles is 1. The maximum Gasteiger partial charge on any atom is 0.321 e. The zero-order valence-corrected chi connectivity index (χ0v) is 17.0. The quantitative estimate of drug-likeness (QED) is 0.820. The molecule has 1 aromatic rings. The summed E-state index contributed by atoms with van der Waals surface area (Å²) >= 11 is 0. The summed E-state index contributed by atoms with van der Waals surface area (Å²) in [6.07, 6.45) is 0.834. The van der Waals surface area contributed by atoms with E-state index in [9.17, 15) is 14.9 Å². The summed E-state index contributed by atoms with van der Waals surface area (Å²) in [6.45, 7) is 11.1. The smallest absolute Gasteiger partial charge is 0.321 e. The molecule has 3 amide bonds. The van der Waals surface area contributed by atoms with Gasteiger partial charge >= 0.3 is 6.03 Å². The lowest BCUT2D eigenvalue weighted by Crippen LogP contribution is -2.44. The number of nitrogens with zero attached hydrogens (tertiary/aromatic N) is 2. The Morgan fingerprint density at radius 3 is 2.54 bits per heavy atom. The molecule has 0 aromatic heterocycles. The van der Waals surface area contributed by atoms with Crippen molar-refractivity contribution in [3.05, 3.63) is 35.2 Å². The van der Waals surface area contributed by atoms with Crippen molar-refractivity contribution in [2.24, 2.45) is 5.73 Å². The van der Waals surface area contributed by atoms with Crippen LogP contribution >= 0.6 is 0 Å². The van der Waals surface area contributed by atoms with E-state index in [4.69, 9.17) is 10.2 Å². The highest BCUT2D eigenvalue weighted by Crippen LogP contribution is 2.39. The Morgan fingerprint density at radius 2 is 2.04 bits per heavy atom. The van der Waals surface area contributed by atoms with E-state index in [0.717, 1.165) is 10.5 Å². The van der Waals surface area contributed by atoms with E-state index in [1.165, 1.54) is 0 Å². The van der Waals surface area contributed by atoms with Crippen LogP contribution in [0.3, 0.4) is 0 Å². The molecule has 2 rings (SSSR count). The molecule has 1 radical (unpaired) electrons. The maximum atomic E-state index is 12.4. The Morgan fingerprint density at radius 1 is 1.38 bits per heavy atom. The van der Waals surface area contributed by atoms with Crippen LogP contribution in [0.15, 0.2) is 18.2 Å². The molecule has 1 fully saturated rings. The summed E-state index contributed by atoms with van der Waals surface area (Å²) in [4.78, 5) is 24.7. The molecule has 0 spiro atoms. The molecule has 1 aliphatic rings. The molecule has 0 aliphatic carbocycles. The molecule has 0 atom stereocenters. The van der Waals surface area contributed by atoms with E-state index in [0.29, 0.717) is 36.6 Å². The number of amides is 3. The lowest BCUT2D eigenvalue weighted by atomic mass is 9.96. The van der Waals surface area contributed by atoms with Crippen molar-refractivity contribution >= 4 is 20.3 Å². The van der Waals surface area contributed by atoms with Gasteiger partial charge in [0.1, 0.15) is 5.75 Å². The second kappa shape index (κ2) is 7.12. The monoisotopic (exact) mass is 372 g/mol. The number of urea groups is 1. The van der Waals surface area contributed by atoms with E-state index in [-0.39, 0.29) is 10.9 Å². The molecule has 6 nitrogen and oxygen atoms in total. The van der Waals surface area contributed by atoms with Crippen LogP contribution in [0.1, 0.15) is 38.3 Å². The molecule has 7 heteroatoms. The highest BCUT2D eigenvalue weighted by Gasteiger charge is 2.40. The van der Waals surface area contributed by atoms with Crippen molar-refractivity contribution in [1.29, 1.82) is 5.26 Å². The van der Waals surface area contributed by atoms with Crippen molar-refractivity contribution in [3.8, 4) is 11.8 Å². The van der Waals surface area contributed by atoms with Gasteiger partial charge in [-0.25, -0.2) is 4.79 Å². The highest BCUT2D eigenvalue weighted by atomic mass is 28.4. The number of rotatable bonds is 4. The zero-order chi connectivity index (χ0) is 19.7. The maximum absolute atomic E-state index is 12.4. The first-order valence-electron chi connectivity index (χ1n) is 8.64. The van der Waals surface area contributed by atoms with Gasteiger partial charge in [-0.3, -0.25) is 9.69 Å². The van der Waals surface area contributed by atoms with Gasteiger partial charge in [0.05, 0.1) is 17.6 Å². The van der Waals surface area contributed by atoms with Crippen LogP contribution < -0.4 is 10.2 Å². The third-order valence-electron chi connectivity index (χ3n) is 5.22. The highest BCUT2D eigenvalue weighted by molar-refractivity contribution is 6.74. The fourth-order valence-electron chi connectivity index (χ4n) is 2.56. The lowest BCUT2D eigenvalue weighted by molar-refractivity contribution is -0.123. The fourth-order valence-corrected chi connectivity index (χ4v) is 3.62. The van der Waals surface area contributed by atoms with Crippen molar-refractivity contribution < 1.29 is 14.0 Å². The third kappa shape index (κ3) is 4.07. The molecule has 1 aliphatic heterocycles. The molecule has 0 saturated carbocycles. The third-order valence-corrected chi connectivity index (χ3v) is 9.56. The topological polar surface area (TPSA) is 96.4 Å². The van der Waals surface area contributed by atoms with Crippen molar-refractivity contribution in [3.63, 3.8) is 0 Å². The van der Waals surface area contributed by atoms with Gasteiger partial charge in [-0.1, -0.05) is 20.8 Å². The number of hydrogen-bond acceptors (Lipinski definition) is 4. The number of primary amides is 1. The van der Waals surface area contributed by atoms with Gasteiger partial charge in [0.25, 0.3) is 0 Å². The van der Waals surface area contributed by atoms with Gasteiger partial charge in [0.15, 0.2) is 0 Å². The number of hydrogen-bond donors (Lipinski definition) is 1. The summed E-state index contributed by atoms with van der Waals surface area (Å²) in [5.41, 5.74) is 6.55. The molecule has 1 heterocycles. The van der Waals surface area contributed by atoms with E-state index >= 15 is 0 Å². The summed E-state index contributed by atoms with van der Waals surface area (Å²) in [5, 5.41) is 9.24. The number of likely N-dealkylation sites (tertiary alicyclic amines) is 1. The second-order valence-electron chi connectivity index (χ2n) is 8.12. The van der Waals surface area contributed by atoms with Crippen molar-refractivity contribution in [1.82, 2.24) is 4.90 Å². The van der Waals surface area contributed by atoms with Crippen molar-refractivity contribution in [2.45, 2.75) is 51.7 Å². The number of carbonyl (C=O) groups excluding carboxylic acids is 2. The standard InChI is InChI=1S/C19H26N3O3Si/c1-19(2,3)26(4,5)25-16-7-6-13(12-20)10-15(16)11-14-8-9-22(17(14)23)18(21)24/h6-7,10H,8-9,11H2,1-5H3,(H2,21,24). The summed E-state index contributed by atoms with van der Waals surface area (Å²) in [7, 11) is -2.07.